The molecule has 6 heteroatoms. The van der Waals surface area contributed by atoms with Crippen LogP contribution < -0.4 is 4.72 Å². The third-order valence-electron chi connectivity index (χ3n) is 3.58. The number of anilines is 1. The minimum Gasteiger partial charge on any atom is -0.465 e. The van der Waals surface area contributed by atoms with E-state index >= 15 is 0 Å². The molecule has 20 heavy (non-hydrogen) atoms. The van der Waals surface area contributed by atoms with Gasteiger partial charge < -0.3 is 4.74 Å². The molecule has 1 aliphatic carbocycles. The maximum Gasteiger partial charge on any atom is 0.339 e. The highest BCUT2D eigenvalue weighted by Gasteiger charge is 2.28. The Morgan fingerprint density at radius 2 is 1.85 bits per heavy atom. The van der Waals surface area contributed by atoms with Crippen molar-refractivity contribution in [2.75, 3.05) is 11.8 Å². The molecule has 1 aromatic carbocycles. The van der Waals surface area contributed by atoms with E-state index in [4.69, 9.17) is 0 Å². The highest BCUT2D eigenvalue weighted by Crippen LogP contribution is 2.26. The van der Waals surface area contributed by atoms with Gasteiger partial charge in [-0.05, 0) is 25.0 Å². The maximum absolute atomic E-state index is 12.4. The SMILES string of the molecule is COC(=O)c1ccccc1NS(=O)(=O)C1CCCCC1. The van der Waals surface area contributed by atoms with E-state index in [1.165, 1.54) is 7.11 Å². The second-order valence-electron chi connectivity index (χ2n) is 4.94. The van der Waals surface area contributed by atoms with Crippen LogP contribution in [0.5, 0.6) is 0 Å². The largest absolute Gasteiger partial charge is 0.465 e. The molecule has 0 spiro atoms. The molecule has 1 fully saturated rings. The molecule has 110 valence electrons. The van der Waals surface area contributed by atoms with Crippen molar-refractivity contribution in [3.05, 3.63) is 29.8 Å². The molecule has 0 heterocycles. The lowest BCUT2D eigenvalue weighted by molar-refractivity contribution is 0.0602. The van der Waals surface area contributed by atoms with Crippen molar-refractivity contribution < 1.29 is 17.9 Å². The Bertz CT molecular complexity index is 577. The van der Waals surface area contributed by atoms with Crippen LogP contribution in [0.2, 0.25) is 0 Å². The molecule has 0 bridgehead atoms. The summed E-state index contributed by atoms with van der Waals surface area (Å²) in [6, 6.07) is 6.48. The molecule has 0 aliphatic heterocycles. The lowest BCUT2D eigenvalue weighted by Gasteiger charge is -2.23. The van der Waals surface area contributed by atoms with E-state index in [2.05, 4.69) is 9.46 Å². The molecule has 0 unspecified atom stereocenters. The molecule has 2 rings (SSSR count). The maximum atomic E-state index is 12.4. The quantitative estimate of drug-likeness (QED) is 0.867. The number of carbonyl (C=O) groups is 1. The van der Waals surface area contributed by atoms with Gasteiger partial charge in [-0.15, -0.1) is 0 Å². The van der Waals surface area contributed by atoms with Crippen molar-refractivity contribution in [3.63, 3.8) is 0 Å². The van der Waals surface area contributed by atoms with Crippen LogP contribution in [0.15, 0.2) is 24.3 Å². The number of ether oxygens (including phenoxy) is 1. The van der Waals surface area contributed by atoms with Gasteiger partial charge >= 0.3 is 5.97 Å². The number of benzene rings is 1. The summed E-state index contributed by atoms with van der Waals surface area (Å²) < 4.78 is 31.9. The highest BCUT2D eigenvalue weighted by molar-refractivity contribution is 7.93. The standard InChI is InChI=1S/C14H19NO4S/c1-19-14(16)12-9-5-6-10-13(12)15-20(17,18)11-7-3-2-4-8-11/h5-6,9-11,15H,2-4,7-8H2,1H3. The number of hydrogen-bond donors (Lipinski definition) is 1. The summed E-state index contributed by atoms with van der Waals surface area (Å²) in [5.41, 5.74) is 0.513. The average molecular weight is 297 g/mol. The van der Waals surface area contributed by atoms with Gasteiger partial charge in [0.05, 0.1) is 23.6 Å². The van der Waals surface area contributed by atoms with Crippen LogP contribution in [-0.4, -0.2) is 26.7 Å². The van der Waals surface area contributed by atoms with E-state index in [0.29, 0.717) is 12.8 Å². The molecule has 0 saturated heterocycles. The van der Waals surface area contributed by atoms with Crippen LogP contribution >= 0.6 is 0 Å². The number of methoxy groups -OCH3 is 1. The first kappa shape index (κ1) is 14.8. The van der Waals surface area contributed by atoms with Crippen molar-refractivity contribution in [2.45, 2.75) is 37.4 Å². The second kappa shape index (κ2) is 6.26. The summed E-state index contributed by atoms with van der Waals surface area (Å²) in [6.45, 7) is 0. The van der Waals surface area contributed by atoms with Crippen LogP contribution in [-0.2, 0) is 14.8 Å². The van der Waals surface area contributed by atoms with E-state index in [1.807, 2.05) is 0 Å². The molecular formula is C14H19NO4S. The van der Waals surface area contributed by atoms with Gasteiger partial charge in [-0.1, -0.05) is 31.4 Å². The van der Waals surface area contributed by atoms with Gasteiger partial charge in [-0.25, -0.2) is 13.2 Å². The fraction of sp³-hybridized carbons (Fsp3) is 0.500. The van der Waals surface area contributed by atoms with E-state index in [-0.39, 0.29) is 16.5 Å². The number of para-hydroxylation sites is 1. The van der Waals surface area contributed by atoms with Gasteiger partial charge in [-0.2, -0.15) is 0 Å². The first-order chi connectivity index (χ1) is 9.54. The predicted octanol–water partition coefficient (Wildman–Crippen LogP) is 2.55. The van der Waals surface area contributed by atoms with Gasteiger partial charge in [0.25, 0.3) is 0 Å². The summed E-state index contributed by atoms with van der Waals surface area (Å²) in [5.74, 6) is -0.549. The Kier molecular flexibility index (Phi) is 4.65. The van der Waals surface area contributed by atoms with Gasteiger partial charge in [0.15, 0.2) is 0 Å². The van der Waals surface area contributed by atoms with Crippen molar-refractivity contribution in [1.82, 2.24) is 0 Å². The smallest absolute Gasteiger partial charge is 0.339 e. The summed E-state index contributed by atoms with van der Waals surface area (Å²) in [7, 11) is -2.19. The predicted molar refractivity (Wildman–Crippen MR) is 77.2 cm³/mol. The summed E-state index contributed by atoms with van der Waals surface area (Å²) in [5, 5.41) is -0.373. The van der Waals surface area contributed by atoms with E-state index < -0.39 is 16.0 Å². The van der Waals surface area contributed by atoms with E-state index in [1.54, 1.807) is 24.3 Å². The van der Waals surface area contributed by atoms with Gasteiger partial charge in [0.2, 0.25) is 10.0 Å². The Hall–Kier alpha value is -1.56. The number of esters is 1. The molecule has 1 aliphatic rings. The molecule has 0 atom stereocenters. The van der Waals surface area contributed by atoms with Crippen LogP contribution in [0, 0.1) is 0 Å². The van der Waals surface area contributed by atoms with Crippen molar-refractivity contribution in [1.29, 1.82) is 0 Å². The molecule has 5 nitrogen and oxygen atoms in total. The minimum absolute atomic E-state index is 0.231. The van der Waals surface area contributed by atoms with Crippen LogP contribution in [0.4, 0.5) is 5.69 Å². The van der Waals surface area contributed by atoms with Gasteiger partial charge in [0.1, 0.15) is 0 Å². The molecular weight excluding hydrogens is 278 g/mol. The Morgan fingerprint density at radius 1 is 1.20 bits per heavy atom. The lowest BCUT2D eigenvalue weighted by Crippen LogP contribution is -2.30. The topological polar surface area (TPSA) is 72.5 Å². The number of rotatable bonds is 4. The monoisotopic (exact) mass is 297 g/mol. The third-order valence-corrected chi connectivity index (χ3v) is 5.43. The van der Waals surface area contributed by atoms with Crippen LogP contribution in [0.25, 0.3) is 0 Å². The lowest BCUT2D eigenvalue weighted by atomic mass is 10.0. The molecule has 0 amide bonds. The Labute approximate surface area is 119 Å². The molecule has 0 radical (unpaired) electrons. The Balaban J connectivity index is 2.23. The number of nitrogens with one attached hydrogen (secondary N) is 1. The zero-order valence-electron chi connectivity index (χ0n) is 11.5. The zero-order chi connectivity index (χ0) is 14.6. The number of hydrogen-bond acceptors (Lipinski definition) is 4. The average Bonchev–Trinajstić information content (AvgIpc) is 2.47. The van der Waals surface area contributed by atoms with Crippen LogP contribution in [0.3, 0.4) is 0 Å². The third kappa shape index (κ3) is 3.30. The summed E-state index contributed by atoms with van der Waals surface area (Å²) in [4.78, 5) is 11.6. The second-order valence-corrected chi connectivity index (χ2v) is 6.91. The summed E-state index contributed by atoms with van der Waals surface area (Å²) >= 11 is 0. The van der Waals surface area contributed by atoms with Gasteiger partial charge in [0, 0.05) is 0 Å². The molecule has 0 aromatic heterocycles. The molecule has 1 N–H and O–H groups in total. The van der Waals surface area contributed by atoms with Crippen molar-refractivity contribution in [3.8, 4) is 0 Å². The molecule has 1 saturated carbocycles. The van der Waals surface area contributed by atoms with E-state index in [9.17, 15) is 13.2 Å². The number of carbonyl (C=O) groups excluding carboxylic acids is 1. The number of sulfonamides is 1. The first-order valence-corrected chi connectivity index (χ1v) is 8.28. The fourth-order valence-corrected chi connectivity index (χ4v) is 4.08. The molecule has 1 aromatic rings. The van der Waals surface area contributed by atoms with Crippen molar-refractivity contribution in [2.24, 2.45) is 0 Å². The first-order valence-electron chi connectivity index (χ1n) is 6.73. The summed E-state index contributed by atoms with van der Waals surface area (Å²) in [6.07, 6.45) is 4.31. The van der Waals surface area contributed by atoms with Crippen LogP contribution in [0.1, 0.15) is 42.5 Å². The van der Waals surface area contributed by atoms with Crippen molar-refractivity contribution >= 4 is 21.7 Å². The minimum atomic E-state index is -3.46. The van der Waals surface area contributed by atoms with E-state index in [0.717, 1.165) is 19.3 Å². The Morgan fingerprint density at radius 3 is 2.50 bits per heavy atom. The zero-order valence-corrected chi connectivity index (χ0v) is 12.3. The highest BCUT2D eigenvalue weighted by atomic mass is 32.2. The fourth-order valence-electron chi connectivity index (χ4n) is 2.47. The van der Waals surface area contributed by atoms with Gasteiger partial charge in [-0.3, -0.25) is 4.72 Å². The normalized spacial score (nSPS) is 16.6.